The molecule has 0 saturated carbocycles. The van der Waals surface area contributed by atoms with Gasteiger partial charge in [0.1, 0.15) is 5.76 Å². The van der Waals surface area contributed by atoms with E-state index in [1.165, 1.54) is 0 Å². The van der Waals surface area contributed by atoms with Crippen LogP contribution in [0.25, 0.3) is 0 Å². The SMILES string of the molecule is Cc1cccc(C(=O)N/N=C2\CCCc3oc(C(=O)N(C)c4ccccc4)c(C)c32)c1. The molecule has 0 spiro atoms. The summed E-state index contributed by atoms with van der Waals surface area (Å²) in [6, 6.07) is 16.8. The van der Waals surface area contributed by atoms with E-state index in [4.69, 9.17) is 4.42 Å². The van der Waals surface area contributed by atoms with E-state index in [1.54, 1.807) is 18.0 Å². The van der Waals surface area contributed by atoms with E-state index < -0.39 is 0 Å². The van der Waals surface area contributed by atoms with Crippen LogP contribution >= 0.6 is 0 Å². The van der Waals surface area contributed by atoms with Crippen LogP contribution in [0.15, 0.2) is 64.1 Å². The summed E-state index contributed by atoms with van der Waals surface area (Å²) in [5.74, 6) is 0.596. The fraction of sp³-hybridized carbons (Fsp3) is 0.240. The van der Waals surface area contributed by atoms with Crippen molar-refractivity contribution in [2.24, 2.45) is 5.10 Å². The fourth-order valence-corrected chi connectivity index (χ4v) is 3.87. The topological polar surface area (TPSA) is 74.9 Å². The molecule has 1 N–H and O–H groups in total. The Morgan fingerprint density at radius 2 is 1.81 bits per heavy atom. The molecule has 0 aliphatic heterocycles. The van der Waals surface area contributed by atoms with Crippen LogP contribution in [-0.4, -0.2) is 24.6 Å². The molecule has 0 bridgehead atoms. The van der Waals surface area contributed by atoms with Crippen LogP contribution in [0, 0.1) is 13.8 Å². The number of rotatable bonds is 4. The monoisotopic (exact) mass is 415 g/mol. The van der Waals surface area contributed by atoms with Crippen LogP contribution in [-0.2, 0) is 6.42 Å². The van der Waals surface area contributed by atoms with Crippen LogP contribution in [0.5, 0.6) is 0 Å². The Morgan fingerprint density at radius 3 is 2.55 bits per heavy atom. The Morgan fingerprint density at radius 1 is 1.03 bits per heavy atom. The molecule has 6 nitrogen and oxygen atoms in total. The van der Waals surface area contributed by atoms with Crippen LogP contribution in [0.2, 0.25) is 0 Å². The molecule has 6 heteroatoms. The molecule has 4 rings (SSSR count). The van der Waals surface area contributed by atoms with Gasteiger partial charge in [-0.1, -0.05) is 35.9 Å². The van der Waals surface area contributed by atoms with Gasteiger partial charge in [0.25, 0.3) is 11.8 Å². The highest BCUT2D eigenvalue weighted by Gasteiger charge is 2.29. The van der Waals surface area contributed by atoms with Crippen LogP contribution < -0.4 is 10.3 Å². The van der Waals surface area contributed by atoms with Crippen molar-refractivity contribution >= 4 is 23.2 Å². The summed E-state index contributed by atoms with van der Waals surface area (Å²) in [5, 5.41) is 4.40. The van der Waals surface area contributed by atoms with E-state index in [1.807, 2.05) is 62.4 Å². The van der Waals surface area contributed by atoms with E-state index in [-0.39, 0.29) is 11.8 Å². The van der Waals surface area contributed by atoms with Crippen LogP contribution in [0.1, 0.15) is 56.2 Å². The molecule has 0 unspecified atom stereocenters. The summed E-state index contributed by atoms with van der Waals surface area (Å²) in [7, 11) is 1.73. The number of furan rings is 1. The first-order valence-corrected chi connectivity index (χ1v) is 10.3. The molecule has 31 heavy (non-hydrogen) atoms. The number of amides is 2. The Bertz CT molecular complexity index is 1160. The number of nitrogens with zero attached hydrogens (tertiary/aromatic N) is 2. The number of nitrogens with one attached hydrogen (secondary N) is 1. The number of para-hydroxylation sites is 1. The minimum Gasteiger partial charge on any atom is -0.455 e. The second-order valence-electron chi connectivity index (χ2n) is 7.78. The highest BCUT2D eigenvalue weighted by molar-refractivity contribution is 6.10. The van der Waals surface area contributed by atoms with Gasteiger partial charge < -0.3 is 9.32 Å². The Hall–Kier alpha value is -3.67. The average molecular weight is 415 g/mol. The van der Waals surface area contributed by atoms with E-state index in [2.05, 4.69) is 10.5 Å². The fourth-order valence-electron chi connectivity index (χ4n) is 3.87. The zero-order valence-electron chi connectivity index (χ0n) is 17.9. The first-order chi connectivity index (χ1) is 15.0. The Labute approximate surface area is 181 Å². The third kappa shape index (κ3) is 4.14. The summed E-state index contributed by atoms with van der Waals surface area (Å²) in [4.78, 5) is 27.2. The third-order valence-electron chi connectivity index (χ3n) is 5.54. The molecular weight excluding hydrogens is 390 g/mol. The number of hydrazone groups is 1. The summed E-state index contributed by atoms with van der Waals surface area (Å²) in [5.41, 5.74) is 7.36. The lowest BCUT2D eigenvalue weighted by Crippen LogP contribution is -2.26. The van der Waals surface area contributed by atoms with Crippen molar-refractivity contribution in [3.63, 3.8) is 0 Å². The molecule has 2 amide bonds. The van der Waals surface area contributed by atoms with Crippen molar-refractivity contribution in [3.8, 4) is 0 Å². The van der Waals surface area contributed by atoms with E-state index in [0.717, 1.165) is 46.7 Å². The van der Waals surface area contributed by atoms with Gasteiger partial charge in [-0.2, -0.15) is 5.10 Å². The largest absolute Gasteiger partial charge is 0.455 e. The van der Waals surface area contributed by atoms with Gasteiger partial charge in [0.05, 0.1) is 5.71 Å². The van der Waals surface area contributed by atoms with E-state index >= 15 is 0 Å². The molecule has 1 aliphatic rings. The first kappa shape index (κ1) is 20.6. The number of carbonyl (C=O) groups is 2. The second-order valence-corrected chi connectivity index (χ2v) is 7.78. The van der Waals surface area contributed by atoms with Gasteiger partial charge in [-0.25, -0.2) is 5.43 Å². The predicted molar refractivity (Wildman–Crippen MR) is 121 cm³/mol. The number of carbonyl (C=O) groups excluding carboxylic acids is 2. The van der Waals surface area contributed by atoms with Gasteiger partial charge >= 0.3 is 0 Å². The molecule has 2 aromatic carbocycles. The minimum absolute atomic E-state index is 0.207. The lowest BCUT2D eigenvalue weighted by Gasteiger charge is -2.16. The smallest absolute Gasteiger partial charge is 0.294 e. The number of benzene rings is 2. The van der Waals surface area contributed by atoms with Crippen molar-refractivity contribution < 1.29 is 14.0 Å². The predicted octanol–water partition coefficient (Wildman–Crippen LogP) is 4.64. The number of anilines is 1. The normalized spacial score (nSPS) is 14.2. The number of hydrogen-bond acceptors (Lipinski definition) is 4. The lowest BCUT2D eigenvalue weighted by atomic mass is 9.93. The summed E-state index contributed by atoms with van der Waals surface area (Å²) in [6.45, 7) is 3.81. The van der Waals surface area contributed by atoms with Gasteiger partial charge in [0.15, 0.2) is 5.76 Å². The highest BCUT2D eigenvalue weighted by atomic mass is 16.4. The average Bonchev–Trinajstić information content (AvgIpc) is 3.14. The molecule has 0 saturated heterocycles. The number of fused-ring (bicyclic) bond motifs is 1. The first-order valence-electron chi connectivity index (χ1n) is 10.3. The summed E-state index contributed by atoms with van der Waals surface area (Å²) < 4.78 is 5.99. The van der Waals surface area contributed by atoms with Crippen molar-refractivity contribution in [1.82, 2.24) is 5.43 Å². The lowest BCUT2D eigenvalue weighted by molar-refractivity contribution is 0.0950. The third-order valence-corrected chi connectivity index (χ3v) is 5.54. The highest BCUT2D eigenvalue weighted by Crippen LogP contribution is 2.31. The maximum Gasteiger partial charge on any atom is 0.294 e. The molecule has 1 aliphatic carbocycles. The standard InChI is InChI=1S/C25H25N3O3/c1-16-9-7-10-18(15-16)24(29)27-26-20-13-8-14-21-22(20)17(2)23(31-21)25(30)28(3)19-11-5-4-6-12-19/h4-7,9-12,15H,8,13-14H2,1-3H3,(H,27,29)/b26-20+. The van der Waals surface area contributed by atoms with Crippen molar-refractivity contribution in [2.45, 2.75) is 33.1 Å². The molecule has 0 radical (unpaired) electrons. The quantitative estimate of drug-likeness (QED) is 0.631. The van der Waals surface area contributed by atoms with Gasteiger partial charge in [-0.3, -0.25) is 9.59 Å². The molecule has 3 aromatic rings. The Balaban J connectivity index is 1.60. The molecule has 1 aromatic heterocycles. The van der Waals surface area contributed by atoms with E-state index in [9.17, 15) is 9.59 Å². The zero-order chi connectivity index (χ0) is 22.0. The number of aryl methyl sites for hydroxylation is 2. The summed E-state index contributed by atoms with van der Waals surface area (Å²) in [6.07, 6.45) is 2.30. The molecular formula is C25H25N3O3. The van der Waals surface area contributed by atoms with Gasteiger partial charge in [-0.05, 0) is 51.0 Å². The van der Waals surface area contributed by atoms with Crippen molar-refractivity contribution in [1.29, 1.82) is 0 Å². The molecule has 1 heterocycles. The zero-order valence-corrected chi connectivity index (χ0v) is 17.9. The molecule has 0 fully saturated rings. The molecule has 0 atom stereocenters. The van der Waals surface area contributed by atoms with Crippen molar-refractivity contribution in [3.05, 3.63) is 88.4 Å². The van der Waals surface area contributed by atoms with Gasteiger partial charge in [-0.15, -0.1) is 0 Å². The number of hydrogen-bond donors (Lipinski definition) is 1. The second kappa shape index (κ2) is 8.60. The maximum atomic E-state index is 13.1. The van der Waals surface area contributed by atoms with E-state index in [0.29, 0.717) is 17.7 Å². The Kier molecular flexibility index (Phi) is 5.71. The molecule has 158 valence electrons. The van der Waals surface area contributed by atoms with Crippen LogP contribution in [0.3, 0.4) is 0 Å². The maximum absolute atomic E-state index is 13.1. The van der Waals surface area contributed by atoms with Crippen LogP contribution in [0.4, 0.5) is 5.69 Å². The minimum atomic E-state index is -0.260. The summed E-state index contributed by atoms with van der Waals surface area (Å²) >= 11 is 0. The van der Waals surface area contributed by atoms with Gasteiger partial charge in [0, 0.05) is 35.8 Å². The van der Waals surface area contributed by atoms with Crippen molar-refractivity contribution in [2.75, 3.05) is 11.9 Å². The van der Waals surface area contributed by atoms with Gasteiger partial charge in [0.2, 0.25) is 0 Å².